The molecule has 1 unspecified atom stereocenters. The van der Waals surface area contributed by atoms with Crippen molar-refractivity contribution < 1.29 is 0 Å². The highest BCUT2D eigenvalue weighted by atomic mass is 15.3. The molecule has 0 amide bonds. The average molecular weight is 278 g/mol. The molecule has 20 heavy (non-hydrogen) atoms. The summed E-state index contributed by atoms with van der Waals surface area (Å²) in [6.07, 6.45) is 9.14. The summed E-state index contributed by atoms with van der Waals surface area (Å²) >= 11 is 0. The van der Waals surface area contributed by atoms with E-state index in [0.29, 0.717) is 0 Å². The third-order valence-electron chi connectivity index (χ3n) is 5.19. The van der Waals surface area contributed by atoms with E-state index in [1.54, 1.807) is 0 Å². The molecule has 1 heterocycles. The summed E-state index contributed by atoms with van der Waals surface area (Å²) in [6, 6.07) is 2.37. The van der Waals surface area contributed by atoms with E-state index < -0.39 is 0 Å². The van der Waals surface area contributed by atoms with Crippen LogP contribution in [0.1, 0.15) is 51.6 Å². The second-order valence-corrected chi connectivity index (χ2v) is 6.07. The lowest BCUT2D eigenvalue weighted by Crippen LogP contribution is -2.58. The lowest BCUT2D eigenvalue weighted by molar-refractivity contribution is 0.0741. The minimum absolute atomic E-state index is 0.238. The molecule has 1 aliphatic rings. The van der Waals surface area contributed by atoms with Crippen LogP contribution in [0.25, 0.3) is 0 Å². The molecule has 1 aromatic rings. The number of aryl methyl sites for hydroxylation is 2. The smallest absolute Gasteiger partial charge is 0.0492 e. The first-order valence-electron chi connectivity index (χ1n) is 8.11. The third-order valence-corrected chi connectivity index (χ3v) is 5.19. The zero-order valence-electron chi connectivity index (χ0n) is 13.3. The highest BCUT2D eigenvalue weighted by molar-refractivity contribution is 5.05. The Morgan fingerprint density at radius 2 is 2.00 bits per heavy atom. The number of aromatic nitrogens is 2. The number of hydrogen-bond donors (Lipinski definition) is 1. The Morgan fingerprint density at radius 1 is 1.35 bits per heavy atom. The van der Waals surface area contributed by atoms with Crippen molar-refractivity contribution in [2.24, 2.45) is 12.8 Å². The predicted octanol–water partition coefficient (Wildman–Crippen LogP) is 2.33. The van der Waals surface area contributed by atoms with Crippen molar-refractivity contribution in [1.82, 2.24) is 14.7 Å². The second-order valence-electron chi connectivity index (χ2n) is 6.07. The summed E-state index contributed by atoms with van der Waals surface area (Å²) in [5, 5.41) is 4.24. The topological polar surface area (TPSA) is 47.1 Å². The Hall–Kier alpha value is -0.870. The summed E-state index contributed by atoms with van der Waals surface area (Å²) in [6.45, 7) is 6.74. The van der Waals surface area contributed by atoms with Crippen LogP contribution >= 0.6 is 0 Å². The van der Waals surface area contributed by atoms with E-state index >= 15 is 0 Å². The zero-order chi connectivity index (χ0) is 14.6. The van der Waals surface area contributed by atoms with Gasteiger partial charge in [0.1, 0.15) is 0 Å². The maximum atomic E-state index is 6.66. The molecule has 1 fully saturated rings. The lowest BCUT2D eigenvalue weighted by atomic mass is 9.83. The molecule has 0 aliphatic heterocycles. The summed E-state index contributed by atoms with van der Waals surface area (Å²) in [4.78, 5) is 2.61. The van der Waals surface area contributed by atoms with Gasteiger partial charge in [0.25, 0.3) is 0 Å². The first-order valence-corrected chi connectivity index (χ1v) is 8.11. The molecule has 1 aromatic heterocycles. The molecular formula is C16H30N4. The van der Waals surface area contributed by atoms with E-state index in [4.69, 9.17) is 5.73 Å². The van der Waals surface area contributed by atoms with Crippen LogP contribution in [0.15, 0.2) is 12.3 Å². The Morgan fingerprint density at radius 3 is 2.50 bits per heavy atom. The monoisotopic (exact) mass is 278 g/mol. The number of likely N-dealkylation sites (N-methyl/N-ethyl adjacent to an activating group) is 1. The molecule has 0 radical (unpaired) electrons. The zero-order valence-corrected chi connectivity index (χ0v) is 13.3. The van der Waals surface area contributed by atoms with E-state index in [1.807, 2.05) is 17.9 Å². The molecule has 2 rings (SSSR count). The lowest BCUT2D eigenvalue weighted by Gasteiger charge is -2.45. The molecule has 114 valence electrons. The fourth-order valence-corrected chi connectivity index (χ4v) is 3.98. The third kappa shape index (κ3) is 2.91. The summed E-state index contributed by atoms with van der Waals surface area (Å²) < 4.78 is 1.96. The van der Waals surface area contributed by atoms with Crippen LogP contribution < -0.4 is 5.73 Å². The first-order chi connectivity index (χ1) is 9.64. The van der Waals surface area contributed by atoms with Gasteiger partial charge in [-0.15, -0.1) is 0 Å². The van der Waals surface area contributed by atoms with Crippen molar-refractivity contribution in [3.8, 4) is 0 Å². The Balaban J connectivity index is 2.04. The molecular weight excluding hydrogens is 248 g/mol. The van der Waals surface area contributed by atoms with Gasteiger partial charge in [-0.2, -0.15) is 5.10 Å². The highest BCUT2D eigenvalue weighted by Gasteiger charge is 2.42. The number of nitrogens with zero attached hydrogens (tertiary/aromatic N) is 3. The standard InChI is InChI=1S/C16H30N4/c1-4-20(5-2)16(11-6-7-12-16)15(17)9-8-14-10-13-18-19(14)3/h10,13,15H,4-9,11-12,17H2,1-3H3. The second kappa shape index (κ2) is 6.72. The Bertz CT molecular complexity index is 402. The fourth-order valence-electron chi connectivity index (χ4n) is 3.98. The molecule has 1 atom stereocenters. The van der Waals surface area contributed by atoms with Gasteiger partial charge in [0, 0.05) is 30.5 Å². The molecule has 0 bridgehead atoms. The maximum Gasteiger partial charge on any atom is 0.0492 e. The van der Waals surface area contributed by atoms with Crippen molar-refractivity contribution >= 4 is 0 Å². The molecule has 0 aromatic carbocycles. The van der Waals surface area contributed by atoms with Crippen LogP contribution in [0.2, 0.25) is 0 Å². The van der Waals surface area contributed by atoms with Gasteiger partial charge < -0.3 is 5.73 Å². The predicted molar refractivity (Wildman–Crippen MR) is 83.6 cm³/mol. The van der Waals surface area contributed by atoms with E-state index in [0.717, 1.165) is 25.9 Å². The van der Waals surface area contributed by atoms with E-state index in [1.165, 1.54) is 31.4 Å². The molecule has 2 N–H and O–H groups in total. The van der Waals surface area contributed by atoms with Crippen LogP contribution in [-0.4, -0.2) is 39.4 Å². The average Bonchev–Trinajstić information content (AvgIpc) is 3.08. The van der Waals surface area contributed by atoms with Crippen molar-refractivity contribution in [1.29, 1.82) is 0 Å². The summed E-state index contributed by atoms with van der Waals surface area (Å²) in [7, 11) is 2.01. The van der Waals surface area contributed by atoms with Gasteiger partial charge in [0.05, 0.1) is 0 Å². The summed E-state index contributed by atoms with van der Waals surface area (Å²) in [5.74, 6) is 0. The van der Waals surface area contributed by atoms with Crippen LogP contribution in [0.4, 0.5) is 0 Å². The van der Waals surface area contributed by atoms with Crippen molar-refractivity contribution in [3.05, 3.63) is 18.0 Å². The SMILES string of the molecule is CCN(CC)C1(C(N)CCc2ccnn2C)CCCC1. The van der Waals surface area contributed by atoms with Gasteiger partial charge in [-0.3, -0.25) is 9.58 Å². The van der Waals surface area contributed by atoms with Crippen LogP contribution in [0.3, 0.4) is 0 Å². The molecule has 4 nitrogen and oxygen atoms in total. The molecule has 0 saturated heterocycles. The van der Waals surface area contributed by atoms with Gasteiger partial charge in [0.15, 0.2) is 0 Å². The molecule has 1 saturated carbocycles. The highest BCUT2D eigenvalue weighted by Crippen LogP contribution is 2.38. The van der Waals surface area contributed by atoms with E-state index in [9.17, 15) is 0 Å². The minimum atomic E-state index is 0.238. The quantitative estimate of drug-likeness (QED) is 0.833. The first kappa shape index (κ1) is 15.5. The van der Waals surface area contributed by atoms with Crippen molar-refractivity contribution in [2.75, 3.05) is 13.1 Å². The van der Waals surface area contributed by atoms with Crippen LogP contribution in [0.5, 0.6) is 0 Å². The number of hydrogen-bond acceptors (Lipinski definition) is 3. The van der Waals surface area contributed by atoms with Crippen molar-refractivity contribution in [2.45, 2.75) is 64.0 Å². The van der Waals surface area contributed by atoms with E-state index in [2.05, 4.69) is 29.9 Å². The Labute approximate surface area is 123 Å². The van der Waals surface area contributed by atoms with Gasteiger partial charge in [-0.05, 0) is 44.8 Å². The molecule has 4 heteroatoms. The van der Waals surface area contributed by atoms with Crippen LogP contribution in [-0.2, 0) is 13.5 Å². The minimum Gasteiger partial charge on any atom is -0.326 e. The van der Waals surface area contributed by atoms with E-state index in [-0.39, 0.29) is 11.6 Å². The van der Waals surface area contributed by atoms with Gasteiger partial charge >= 0.3 is 0 Å². The number of nitrogens with two attached hydrogens (primary N) is 1. The fraction of sp³-hybridized carbons (Fsp3) is 0.812. The van der Waals surface area contributed by atoms with Gasteiger partial charge in [0.2, 0.25) is 0 Å². The Kier molecular flexibility index (Phi) is 5.22. The maximum absolute atomic E-state index is 6.66. The van der Waals surface area contributed by atoms with Gasteiger partial charge in [-0.1, -0.05) is 26.7 Å². The molecule has 0 spiro atoms. The summed E-state index contributed by atoms with van der Waals surface area (Å²) in [5.41, 5.74) is 8.18. The normalized spacial score (nSPS) is 19.6. The van der Waals surface area contributed by atoms with Crippen molar-refractivity contribution in [3.63, 3.8) is 0 Å². The number of rotatable bonds is 7. The molecule has 1 aliphatic carbocycles. The van der Waals surface area contributed by atoms with Gasteiger partial charge in [-0.25, -0.2) is 0 Å². The largest absolute Gasteiger partial charge is 0.326 e. The van der Waals surface area contributed by atoms with Crippen LogP contribution in [0, 0.1) is 0 Å².